The lowest BCUT2D eigenvalue weighted by molar-refractivity contribution is -0.151. The fourth-order valence-corrected chi connectivity index (χ4v) is 4.08. The van der Waals surface area contributed by atoms with Crippen LogP contribution in [-0.4, -0.2) is 48.7 Å². The Morgan fingerprint density at radius 2 is 2.17 bits per heavy atom. The van der Waals surface area contributed by atoms with E-state index in [1.807, 2.05) is 35.3 Å². The van der Waals surface area contributed by atoms with Crippen LogP contribution in [0.3, 0.4) is 0 Å². The van der Waals surface area contributed by atoms with E-state index in [4.69, 9.17) is 9.47 Å². The molecule has 1 aromatic rings. The highest BCUT2D eigenvalue weighted by molar-refractivity contribution is 5.91. The lowest BCUT2D eigenvalue weighted by Gasteiger charge is -2.22. The second-order valence-electron chi connectivity index (χ2n) is 6.42. The smallest absolute Gasteiger partial charge is 0.312 e. The fourth-order valence-electron chi connectivity index (χ4n) is 4.08. The molecule has 0 aromatic heterocycles. The fraction of sp³-hybridized carbons (Fsp3) is 0.444. The Hall–Kier alpha value is -2.14. The van der Waals surface area contributed by atoms with Crippen LogP contribution in [0.1, 0.15) is 5.56 Å². The summed E-state index contributed by atoms with van der Waals surface area (Å²) in [5.41, 5.74) is 0.553. The summed E-state index contributed by atoms with van der Waals surface area (Å²) in [4.78, 5) is 26.7. The van der Waals surface area contributed by atoms with Crippen molar-refractivity contribution in [1.29, 1.82) is 0 Å². The van der Waals surface area contributed by atoms with Gasteiger partial charge in [0, 0.05) is 6.54 Å². The van der Waals surface area contributed by atoms with Gasteiger partial charge in [0.15, 0.2) is 0 Å². The summed E-state index contributed by atoms with van der Waals surface area (Å²) in [6.45, 7) is 1.15. The number of methoxy groups -OCH3 is 1. The lowest BCUT2D eigenvalue weighted by Crippen LogP contribution is -2.39. The second kappa shape index (κ2) is 5.20. The number of esters is 1. The standard InChI is InChI=1S/C18H19NO4/c1-22-17(21)14-13-7-9-18(23-13)11-19(16(20)15(14)18)10-8-12-5-3-2-4-6-12/h2-7,9,13-15H,8,10-11H2,1H3/t13-,14?,15-,18?/m1/s1. The van der Waals surface area contributed by atoms with Crippen LogP contribution in [0.4, 0.5) is 0 Å². The van der Waals surface area contributed by atoms with E-state index < -0.39 is 17.4 Å². The first-order valence-electron chi connectivity index (χ1n) is 7.92. The molecule has 2 saturated heterocycles. The molecule has 3 aliphatic rings. The van der Waals surface area contributed by atoms with E-state index in [1.165, 1.54) is 12.7 Å². The van der Waals surface area contributed by atoms with Crippen LogP contribution in [0.15, 0.2) is 42.5 Å². The van der Waals surface area contributed by atoms with E-state index >= 15 is 0 Å². The van der Waals surface area contributed by atoms with E-state index in [0.717, 1.165) is 6.42 Å². The minimum Gasteiger partial charge on any atom is -0.469 e. The third-order valence-electron chi connectivity index (χ3n) is 5.17. The molecule has 0 N–H and O–H groups in total. The summed E-state index contributed by atoms with van der Waals surface area (Å²) >= 11 is 0. The van der Waals surface area contributed by atoms with Crippen molar-refractivity contribution >= 4 is 11.9 Å². The van der Waals surface area contributed by atoms with E-state index in [2.05, 4.69) is 12.1 Å². The predicted octanol–water partition coefficient (Wildman–Crippen LogP) is 1.18. The molecule has 2 unspecified atom stereocenters. The molecule has 1 aromatic carbocycles. The summed E-state index contributed by atoms with van der Waals surface area (Å²) in [7, 11) is 1.36. The molecule has 4 atom stereocenters. The number of benzene rings is 1. The highest BCUT2D eigenvalue weighted by Crippen LogP contribution is 2.52. The van der Waals surface area contributed by atoms with Gasteiger partial charge in [-0.05, 0) is 12.0 Å². The molecule has 5 heteroatoms. The van der Waals surface area contributed by atoms with Crippen molar-refractivity contribution in [2.75, 3.05) is 20.2 Å². The number of hydrogen-bond donors (Lipinski definition) is 0. The Labute approximate surface area is 134 Å². The van der Waals surface area contributed by atoms with Crippen molar-refractivity contribution in [2.45, 2.75) is 18.1 Å². The number of fused-ring (bicyclic) bond motifs is 1. The van der Waals surface area contributed by atoms with Gasteiger partial charge in [0.25, 0.3) is 0 Å². The highest BCUT2D eigenvalue weighted by atomic mass is 16.5. The number of hydrogen-bond acceptors (Lipinski definition) is 4. The van der Waals surface area contributed by atoms with Gasteiger partial charge in [-0.3, -0.25) is 9.59 Å². The van der Waals surface area contributed by atoms with Gasteiger partial charge in [-0.1, -0.05) is 42.5 Å². The van der Waals surface area contributed by atoms with Crippen molar-refractivity contribution in [3.63, 3.8) is 0 Å². The maximum Gasteiger partial charge on any atom is 0.312 e. The highest BCUT2D eigenvalue weighted by Gasteiger charge is 2.67. The maximum absolute atomic E-state index is 12.8. The van der Waals surface area contributed by atoms with Gasteiger partial charge < -0.3 is 14.4 Å². The summed E-state index contributed by atoms with van der Waals surface area (Å²) in [5, 5.41) is 0. The van der Waals surface area contributed by atoms with E-state index in [1.54, 1.807) is 0 Å². The summed E-state index contributed by atoms with van der Waals surface area (Å²) in [5.74, 6) is -1.31. The van der Waals surface area contributed by atoms with Gasteiger partial charge in [0.1, 0.15) is 11.5 Å². The number of nitrogens with zero attached hydrogens (tertiary/aromatic N) is 1. The van der Waals surface area contributed by atoms with Crippen LogP contribution in [0.5, 0.6) is 0 Å². The molecular weight excluding hydrogens is 294 g/mol. The minimum absolute atomic E-state index is 0.00295. The Morgan fingerprint density at radius 3 is 2.91 bits per heavy atom. The zero-order valence-electron chi connectivity index (χ0n) is 13.0. The van der Waals surface area contributed by atoms with Gasteiger partial charge in [0.05, 0.1) is 25.7 Å². The van der Waals surface area contributed by atoms with Crippen molar-refractivity contribution in [1.82, 2.24) is 4.90 Å². The first kappa shape index (κ1) is 14.5. The van der Waals surface area contributed by atoms with Gasteiger partial charge in [-0.25, -0.2) is 0 Å². The Bertz CT molecular complexity index is 671. The van der Waals surface area contributed by atoms with Gasteiger partial charge in [0.2, 0.25) is 5.91 Å². The van der Waals surface area contributed by atoms with Crippen molar-refractivity contribution in [2.24, 2.45) is 11.8 Å². The third kappa shape index (κ3) is 2.10. The van der Waals surface area contributed by atoms with Crippen LogP contribution >= 0.6 is 0 Å². The first-order valence-corrected chi connectivity index (χ1v) is 7.92. The molecule has 0 saturated carbocycles. The monoisotopic (exact) mass is 313 g/mol. The van der Waals surface area contributed by atoms with Crippen LogP contribution in [0.2, 0.25) is 0 Å². The normalized spacial score (nSPS) is 34.0. The predicted molar refractivity (Wildman–Crippen MR) is 82.5 cm³/mol. The Morgan fingerprint density at radius 1 is 1.39 bits per heavy atom. The molecule has 1 amide bonds. The molecule has 23 heavy (non-hydrogen) atoms. The zero-order chi connectivity index (χ0) is 16.0. The van der Waals surface area contributed by atoms with Gasteiger partial charge in [-0.2, -0.15) is 0 Å². The number of amides is 1. The van der Waals surface area contributed by atoms with Gasteiger partial charge in [-0.15, -0.1) is 0 Å². The first-order chi connectivity index (χ1) is 11.1. The van der Waals surface area contributed by atoms with Crippen LogP contribution in [0.25, 0.3) is 0 Å². The lowest BCUT2D eigenvalue weighted by atomic mass is 9.77. The molecule has 2 bridgehead atoms. The molecular formula is C18H19NO4. The second-order valence-corrected chi connectivity index (χ2v) is 6.42. The molecule has 2 fully saturated rings. The average Bonchev–Trinajstić information content (AvgIpc) is 3.21. The molecule has 5 nitrogen and oxygen atoms in total. The van der Waals surface area contributed by atoms with Crippen LogP contribution in [-0.2, 0) is 25.5 Å². The van der Waals surface area contributed by atoms with E-state index in [0.29, 0.717) is 13.1 Å². The number of rotatable bonds is 4. The molecule has 3 aliphatic heterocycles. The van der Waals surface area contributed by atoms with Crippen LogP contribution < -0.4 is 0 Å². The average molecular weight is 313 g/mol. The Balaban J connectivity index is 1.52. The molecule has 1 spiro atoms. The molecule has 4 rings (SSSR count). The number of likely N-dealkylation sites (tertiary alicyclic amines) is 1. The minimum atomic E-state index is -0.642. The maximum atomic E-state index is 12.8. The molecule has 120 valence electrons. The largest absolute Gasteiger partial charge is 0.469 e. The summed E-state index contributed by atoms with van der Waals surface area (Å²) in [6, 6.07) is 10.1. The van der Waals surface area contributed by atoms with Crippen molar-refractivity contribution < 1.29 is 19.1 Å². The van der Waals surface area contributed by atoms with Gasteiger partial charge >= 0.3 is 5.97 Å². The Kier molecular flexibility index (Phi) is 3.27. The topological polar surface area (TPSA) is 55.8 Å². The van der Waals surface area contributed by atoms with Crippen molar-refractivity contribution in [3.05, 3.63) is 48.0 Å². The van der Waals surface area contributed by atoms with E-state index in [-0.39, 0.29) is 18.0 Å². The molecule has 0 aliphatic carbocycles. The van der Waals surface area contributed by atoms with Crippen molar-refractivity contribution in [3.8, 4) is 0 Å². The number of ether oxygens (including phenoxy) is 2. The third-order valence-corrected chi connectivity index (χ3v) is 5.17. The quantitative estimate of drug-likeness (QED) is 0.619. The van der Waals surface area contributed by atoms with Crippen LogP contribution in [0, 0.1) is 11.8 Å². The zero-order valence-corrected chi connectivity index (χ0v) is 13.0. The SMILES string of the molecule is COC(=O)C1[C@H]2C=CC3(CN(CCc4ccccc4)C(=O)[C@@H]13)O2. The summed E-state index contributed by atoms with van der Waals surface area (Å²) < 4.78 is 10.9. The molecule has 0 radical (unpaired) electrons. The molecule has 3 heterocycles. The number of carbonyl (C=O) groups is 2. The van der Waals surface area contributed by atoms with E-state index in [9.17, 15) is 9.59 Å². The number of carbonyl (C=O) groups excluding carboxylic acids is 2. The summed E-state index contributed by atoms with van der Waals surface area (Å²) in [6.07, 6.45) is 4.33.